The normalized spacial score (nSPS) is 22.7. The standard InChI is InChI=1S/C8H16N2O3S/c1-3-14(12,13)9-8-4-5-10(6-8)7(2)11/h8-9H,3-6H2,1-2H3. The van der Waals surface area contributed by atoms with Gasteiger partial charge >= 0.3 is 0 Å². The monoisotopic (exact) mass is 220 g/mol. The number of carbonyl (C=O) groups excluding carboxylic acids is 1. The fraction of sp³-hybridized carbons (Fsp3) is 0.875. The number of nitrogens with zero attached hydrogens (tertiary/aromatic N) is 1. The predicted octanol–water partition coefficient (Wildman–Crippen LogP) is -0.453. The Labute approximate surface area is 84.5 Å². The molecule has 0 aliphatic carbocycles. The van der Waals surface area contributed by atoms with Crippen LogP contribution in [0.5, 0.6) is 0 Å². The van der Waals surface area contributed by atoms with Crippen molar-refractivity contribution in [3.8, 4) is 0 Å². The van der Waals surface area contributed by atoms with Crippen molar-refractivity contribution in [2.24, 2.45) is 0 Å². The van der Waals surface area contributed by atoms with Crippen LogP contribution in [0.1, 0.15) is 20.3 Å². The first-order chi connectivity index (χ1) is 6.44. The molecule has 1 unspecified atom stereocenters. The van der Waals surface area contributed by atoms with Gasteiger partial charge in [-0.15, -0.1) is 0 Å². The van der Waals surface area contributed by atoms with Crippen molar-refractivity contribution < 1.29 is 13.2 Å². The molecule has 1 rings (SSSR count). The van der Waals surface area contributed by atoms with E-state index in [4.69, 9.17) is 0 Å². The third-order valence-corrected chi connectivity index (χ3v) is 3.81. The van der Waals surface area contributed by atoms with Gasteiger partial charge in [-0.1, -0.05) is 0 Å². The van der Waals surface area contributed by atoms with Crippen LogP contribution in [0.3, 0.4) is 0 Å². The van der Waals surface area contributed by atoms with E-state index < -0.39 is 10.0 Å². The van der Waals surface area contributed by atoms with Gasteiger partial charge in [0.15, 0.2) is 0 Å². The molecule has 1 heterocycles. The Morgan fingerprint density at radius 3 is 2.64 bits per heavy atom. The summed E-state index contributed by atoms with van der Waals surface area (Å²) in [5, 5.41) is 0. The first kappa shape index (κ1) is 11.5. The van der Waals surface area contributed by atoms with E-state index in [1.54, 1.807) is 11.8 Å². The van der Waals surface area contributed by atoms with Crippen LogP contribution in [0.15, 0.2) is 0 Å². The van der Waals surface area contributed by atoms with Crippen LogP contribution in [0, 0.1) is 0 Å². The van der Waals surface area contributed by atoms with Crippen molar-refractivity contribution >= 4 is 15.9 Å². The van der Waals surface area contributed by atoms with Crippen LogP contribution in [-0.2, 0) is 14.8 Å². The minimum absolute atomic E-state index is 0.00296. The van der Waals surface area contributed by atoms with Crippen LogP contribution >= 0.6 is 0 Å². The predicted molar refractivity (Wildman–Crippen MR) is 53.3 cm³/mol. The average molecular weight is 220 g/mol. The molecule has 1 fully saturated rings. The maximum atomic E-state index is 11.2. The highest BCUT2D eigenvalue weighted by molar-refractivity contribution is 7.89. The van der Waals surface area contributed by atoms with Gasteiger partial charge in [-0.25, -0.2) is 13.1 Å². The van der Waals surface area contributed by atoms with Gasteiger partial charge in [-0.05, 0) is 13.3 Å². The Morgan fingerprint density at radius 1 is 1.57 bits per heavy atom. The summed E-state index contributed by atoms with van der Waals surface area (Å²) in [6, 6.07) is -0.108. The number of carbonyl (C=O) groups is 1. The third-order valence-electron chi connectivity index (χ3n) is 2.36. The second-order valence-corrected chi connectivity index (χ2v) is 5.51. The van der Waals surface area contributed by atoms with Crippen molar-refractivity contribution in [2.45, 2.75) is 26.3 Å². The zero-order chi connectivity index (χ0) is 10.8. The molecule has 0 radical (unpaired) electrons. The van der Waals surface area contributed by atoms with E-state index in [9.17, 15) is 13.2 Å². The van der Waals surface area contributed by atoms with E-state index in [2.05, 4.69) is 4.72 Å². The smallest absolute Gasteiger partial charge is 0.219 e. The number of rotatable bonds is 3. The van der Waals surface area contributed by atoms with Crippen LogP contribution in [0.25, 0.3) is 0 Å². The van der Waals surface area contributed by atoms with Gasteiger partial charge in [0.1, 0.15) is 0 Å². The van der Waals surface area contributed by atoms with Gasteiger partial charge < -0.3 is 4.90 Å². The van der Waals surface area contributed by atoms with Crippen LogP contribution in [-0.4, -0.2) is 44.1 Å². The summed E-state index contributed by atoms with van der Waals surface area (Å²) in [6.45, 7) is 4.23. The maximum absolute atomic E-state index is 11.2. The zero-order valence-electron chi connectivity index (χ0n) is 8.49. The molecule has 0 aromatic heterocycles. The summed E-state index contributed by atoms with van der Waals surface area (Å²) in [7, 11) is -3.14. The molecule has 0 aromatic rings. The summed E-state index contributed by atoms with van der Waals surface area (Å²) < 4.78 is 25.0. The van der Waals surface area contributed by atoms with Gasteiger partial charge in [0.25, 0.3) is 0 Å². The largest absolute Gasteiger partial charge is 0.341 e. The Morgan fingerprint density at radius 2 is 2.21 bits per heavy atom. The molecule has 0 aromatic carbocycles. The number of amides is 1. The highest BCUT2D eigenvalue weighted by Gasteiger charge is 2.26. The van der Waals surface area contributed by atoms with E-state index in [1.807, 2.05) is 0 Å². The molecule has 5 nitrogen and oxygen atoms in total. The molecule has 1 atom stereocenters. The lowest BCUT2D eigenvalue weighted by Gasteiger charge is -2.14. The second-order valence-electron chi connectivity index (χ2n) is 3.47. The molecule has 0 spiro atoms. The SMILES string of the molecule is CCS(=O)(=O)NC1CCN(C(C)=O)C1. The van der Waals surface area contributed by atoms with Crippen LogP contribution in [0.2, 0.25) is 0 Å². The topological polar surface area (TPSA) is 66.5 Å². The summed E-state index contributed by atoms with van der Waals surface area (Å²) in [6.07, 6.45) is 0.707. The molecule has 82 valence electrons. The first-order valence-electron chi connectivity index (χ1n) is 4.70. The van der Waals surface area contributed by atoms with Crippen molar-refractivity contribution in [1.29, 1.82) is 0 Å². The maximum Gasteiger partial charge on any atom is 0.219 e. The zero-order valence-corrected chi connectivity index (χ0v) is 9.30. The number of nitrogens with one attached hydrogen (secondary N) is 1. The highest BCUT2D eigenvalue weighted by Crippen LogP contribution is 2.09. The van der Waals surface area contributed by atoms with Gasteiger partial charge in [-0.2, -0.15) is 0 Å². The summed E-state index contributed by atoms with van der Waals surface area (Å²) in [5.41, 5.74) is 0. The summed E-state index contributed by atoms with van der Waals surface area (Å²) in [4.78, 5) is 12.6. The molecule has 0 saturated carbocycles. The number of hydrogen-bond acceptors (Lipinski definition) is 3. The van der Waals surface area contributed by atoms with Crippen molar-refractivity contribution in [3.05, 3.63) is 0 Å². The Balaban J connectivity index is 2.48. The molecule has 0 bridgehead atoms. The molecule has 6 heteroatoms. The lowest BCUT2D eigenvalue weighted by atomic mass is 10.3. The van der Waals surface area contributed by atoms with E-state index >= 15 is 0 Å². The summed E-state index contributed by atoms with van der Waals surface area (Å²) in [5.74, 6) is 0.0898. The van der Waals surface area contributed by atoms with Crippen molar-refractivity contribution in [3.63, 3.8) is 0 Å². The summed E-state index contributed by atoms with van der Waals surface area (Å²) >= 11 is 0. The first-order valence-corrected chi connectivity index (χ1v) is 6.35. The quantitative estimate of drug-likeness (QED) is 0.700. The van der Waals surface area contributed by atoms with Crippen molar-refractivity contribution in [2.75, 3.05) is 18.8 Å². The van der Waals surface area contributed by atoms with E-state index in [-0.39, 0.29) is 17.7 Å². The average Bonchev–Trinajstić information content (AvgIpc) is 2.52. The highest BCUT2D eigenvalue weighted by atomic mass is 32.2. The van der Waals surface area contributed by atoms with Gasteiger partial charge in [0, 0.05) is 26.1 Å². The molecule has 1 aliphatic rings. The van der Waals surface area contributed by atoms with E-state index in [1.165, 1.54) is 6.92 Å². The van der Waals surface area contributed by atoms with Crippen LogP contribution in [0.4, 0.5) is 0 Å². The minimum Gasteiger partial charge on any atom is -0.341 e. The Bertz CT molecular complexity index is 313. The Kier molecular flexibility index (Phi) is 3.49. The van der Waals surface area contributed by atoms with Gasteiger partial charge in [0.2, 0.25) is 15.9 Å². The third kappa shape index (κ3) is 2.95. The molecule has 1 amide bonds. The number of likely N-dealkylation sites (tertiary alicyclic amines) is 1. The van der Waals surface area contributed by atoms with Crippen molar-refractivity contribution in [1.82, 2.24) is 9.62 Å². The number of hydrogen-bond donors (Lipinski definition) is 1. The fourth-order valence-electron chi connectivity index (χ4n) is 1.48. The molecule has 1 saturated heterocycles. The fourth-order valence-corrected chi connectivity index (χ4v) is 2.35. The lowest BCUT2D eigenvalue weighted by Crippen LogP contribution is -2.38. The van der Waals surface area contributed by atoms with E-state index in [0.717, 1.165) is 0 Å². The van der Waals surface area contributed by atoms with E-state index in [0.29, 0.717) is 19.5 Å². The molecule has 1 aliphatic heterocycles. The molecule has 14 heavy (non-hydrogen) atoms. The van der Waals surface area contributed by atoms with Crippen LogP contribution < -0.4 is 4.72 Å². The molecular weight excluding hydrogens is 204 g/mol. The number of sulfonamides is 1. The Hall–Kier alpha value is -0.620. The van der Waals surface area contributed by atoms with Gasteiger partial charge in [0.05, 0.1) is 5.75 Å². The van der Waals surface area contributed by atoms with Gasteiger partial charge in [-0.3, -0.25) is 4.79 Å². The second kappa shape index (κ2) is 4.27. The lowest BCUT2D eigenvalue weighted by molar-refractivity contribution is -0.127. The molecular formula is C8H16N2O3S. The minimum atomic E-state index is -3.14. The molecule has 1 N–H and O–H groups in total.